The van der Waals surface area contributed by atoms with E-state index in [0.717, 1.165) is 49.0 Å². The van der Waals surface area contributed by atoms with Gasteiger partial charge in [-0.2, -0.15) is 0 Å². The van der Waals surface area contributed by atoms with Crippen LogP contribution in [-0.4, -0.2) is 31.4 Å². The summed E-state index contributed by atoms with van der Waals surface area (Å²) < 4.78 is 32.2. The van der Waals surface area contributed by atoms with Crippen LogP contribution in [0.25, 0.3) is 0 Å². The van der Waals surface area contributed by atoms with E-state index in [1.807, 2.05) is 6.07 Å². The smallest absolute Gasteiger partial charge is 0.211 e. The van der Waals surface area contributed by atoms with E-state index in [4.69, 9.17) is 4.74 Å². The lowest BCUT2D eigenvalue weighted by Gasteiger charge is -2.47. The van der Waals surface area contributed by atoms with Crippen molar-refractivity contribution in [1.82, 2.24) is 4.72 Å². The minimum atomic E-state index is -3.13. The van der Waals surface area contributed by atoms with Gasteiger partial charge in [0, 0.05) is 23.9 Å². The van der Waals surface area contributed by atoms with Crippen molar-refractivity contribution in [1.29, 1.82) is 0 Å². The van der Waals surface area contributed by atoms with Gasteiger partial charge < -0.3 is 9.84 Å². The first-order valence-electron chi connectivity index (χ1n) is 11.6. The molecule has 6 heteroatoms. The molecule has 0 fully saturated rings. The Morgan fingerprint density at radius 3 is 2.65 bits per heavy atom. The highest BCUT2D eigenvalue weighted by Crippen LogP contribution is 2.54. The van der Waals surface area contributed by atoms with Gasteiger partial charge in [0.05, 0.1) is 5.75 Å². The largest absolute Gasteiger partial charge is 0.508 e. The molecule has 0 saturated carbocycles. The molecular formula is C25H39NO4S. The molecule has 2 unspecified atom stereocenters. The van der Waals surface area contributed by atoms with Crippen molar-refractivity contribution in [3.63, 3.8) is 0 Å². The van der Waals surface area contributed by atoms with Gasteiger partial charge in [-0.25, -0.2) is 13.1 Å². The zero-order valence-corrected chi connectivity index (χ0v) is 20.7. The molecule has 1 aromatic carbocycles. The average Bonchev–Trinajstić information content (AvgIpc) is 2.66. The van der Waals surface area contributed by atoms with Crippen molar-refractivity contribution in [3.05, 3.63) is 34.9 Å². The lowest BCUT2D eigenvalue weighted by Crippen LogP contribution is -2.45. The summed E-state index contributed by atoms with van der Waals surface area (Å²) in [5.41, 5.74) is 2.98. The van der Waals surface area contributed by atoms with Crippen LogP contribution in [0.4, 0.5) is 0 Å². The molecule has 5 nitrogen and oxygen atoms in total. The van der Waals surface area contributed by atoms with E-state index < -0.39 is 10.0 Å². The van der Waals surface area contributed by atoms with Crippen molar-refractivity contribution in [3.8, 4) is 11.5 Å². The van der Waals surface area contributed by atoms with Crippen LogP contribution in [0.3, 0.4) is 0 Å². The van der Waals surface area contributed by atoms with Crippen LogP contribution in [0.5, 0.6) is 11.5 Å². The molecule has 2 atom stereocenters. The van der Waals surface area contributed by atoms with Crippen LogP contribution in [0.2, 0.25) is 0 Å². The van der Waals surface area contributed by atoms with Gasteiger partial charge in [-0.15, -0.1) is 0 Å². The highest BCUT2D eigenvalue weighted by molar-refractivity contribution is 7.89. The zero-order chi connectivity index (χ0) is 23.0. The predicted octanol–water partition coefficient (Wildman–Crippen LogP) is 5.39. The van der Waals surface area contributed by atoms with Crippen LogP contribution >= 0.6 is 0 Å². The summed E-state index contributed by atoms with van der Waals surface area (Å²) in [6, 6.07) is 4.05. The monoisotopic (exact) mass is 449 g/mol. The third-order valence-electron chi connectivity index (χ3n) is 7.22. The summed E-state index contributed by atoms with van der Waals surface area (Å²) in [5, 5.41) is 11.0. The fraction of sp³-hybridized carbons (Fsp3) is 0.680. The molecule has 1 aromatic rings. The highest BCUT2D eigenvalue weighted by atomic mass is 32.2. The molecule has 0 radical (unpaired) electrons. The number of fused-ring (bicyclic) bond motifs is 3. The van der Waals surface area contributed by atoms with Gasteiger partial charge >= 0.3 is 0 Å². The van der Waals surface area contributed by atoms with E-state index in [-0.39, 0.29) is 22.7 Å². The van der Waals surface area contributed by atoms with Gasteiger partial charge in [0.15, 0.2) is 0 Å². The Kier molecular flexibility index (Phi) is 6.83. The fourth-order valence-electron chi connectivity index (χ4n) is 5.12. The molecule has 1 aliphatic heterocycles. The summed E-state index contributed by atoms with van der Waals surface area (Å²) in [5.74, 6) is 1.92. The predicted molar refractivity (Wildman–Crippen MR) is 126 cm³/mol. The Bertz CT molecular complexity index is 947. The first-order chi connectivity index (χ1) is 14.4. The molecule has 3 rings (SSSR count). The van der Waals surface area contributed by atoms with Gasteiger partial charge in [-0.05, 0) is 76.5 Å². The summed E-state index contributed by atoms with van der Waals surface area (Å²) in [6.45, 7) is 13.0. The van der Waals surface area contributed by atoms with Gasteiger partial charge in [-0.3, -0.25) is 0 Å². The zero-order valence-electron chi connectivity index (χ0n) is 19.9. The van der Waals surface area contributed by atoms with Gasteiger partial charge in [-0.1, -0.05) is 31.9 Å². The second-order valence-electron chi connectivity index (χ2n) is 10.5. The maximum atomic E-state index is 11.6. The second kappa shape index (κ2) is 8.78. The summed E-state index contributed by atoms with van der Waals surface area (Å²) in [7, 11) is -3.13. The normalized spacial score (nSPS) is 22.8. The molecule has 1 aliphatic carbocycles. The van der Waals surface area contributed by atoms with Crippen molar-refractivity contribution in [2.75, 3.05) is 12.3 Å². The molecule has 0 spiro atoms. The number of ether oxygens (including phenoxy) is 1. The van der Waals surface area contributed by atoms with Gasteiger partial charge in [0.2, 0.25) is 10.0 Å². The lowest BCUT2D eigenvalue weighted by atomic mass is 9.66. The van der Waals surface area contributed by atoms with E-state index in [2.05, 4.69) is 51.5 Å². The number of rotatable bonds is 8. The summed E-state index contributed by atoms with van der Waals surface area (Å²) in [6.07, 6.45) is 6.85. The number of nitrogens with one attached hydrogen (secondary N) is 1. The van der Waals surface area contributed by atoms with E-state index in [0.29, 0.717) is 18.2 Å². The topological polar surface area (TPSA) is 75.6 Å². The van der Waals surface area contributed by atoms with E-state index in [1.54, 1.807) is 6.92 Å². The van der Waals surface area contributed by atoms with Crippen LogP contribution in [-0.2, 0) is 15.4 Å². The number of hydrogen-bond acceptors (Lipinski definition) is 4. The Hall–Kier alpha value is -1.53. The standard InChI is InChI=1S/C25H39NO4S/c1-7-31(28,29)26-13-9-8-12-24(3,4)18-15-21(27)23-19-14-17(2)10-11-20(19)25(5,6)30-22(23)16-18/h10,15-16,19-20,26-27H,7-9,11-14H2,1-6H3. The Balaban J connectivity index is 1.77. The first kappa shape index (κ1) is 24.1. The maximum Gasteiger partial charge on any atom is 0.211 e. The van der Waals surface area contributed by atoms with E-state index in [9.17, 15) is 13.5 Å². The average molecular weight is 450 g/mol. The lowest BCUT2D eigenvalue weighted by molar-refractivity contribution is 0.00741. The quantitative estimate of drug-likeness (QED) is 0.412. The maximum absolute atomic E-state index is 11.6. The minimum absolute atomic E-state index is 0.112. The molecule has 2 N–H and O–H groups in total. The number of phenolic OH excluding ortho intramolecular Hbond substituents is 1. The summed E-state index contributed by atoms with van der Waals surface area (Å²) in [4.78, 5) is 0. The van der Waals surface area contributed by atoms with Gasteiger partial charge in [0.1, 0.15) is 17.1 Å². The number of phenols is 1. The summed E-state index contributed by atoms with van der Waals surface area (Å²) >= 11 is 0. The molecule has 0 aromatic heterocycles. The number of benzene rings is 1. The number of hydrogen-bond donors (Lipinski definition) is 2. The molecule has 0 amide bonds. The molecule has 31 heavy (non-hydrogen) atoms. The van der Waals surface area contributed by atoms with Crippen molar-refractivity contribution in [2.24, 2.45) is 5.92 Å². The minimum Gasteiger partial charge on any atom is -0.508 e. The Labute approximate surface area is 188 Å². The van der Waals surface area contributed by atoms with Crippen LogP contribution in [0.1, 0.15) is 90.7 Å². The van der Waals surface area contributed by atoms with Crippen molar-refractivity contribution >= 4 is 10.0 Å². The van der Waals surface area contributed by atoms with Crippen molar-refractivity contribution in [2.45, 2.75) is 90.6 Å². The molecule has 0 saturated heterocycles. The van der Waals surface area contributed by atoms with Crippen molar-refractivity contribution < 1.29 is 18.3 Å². The molecule has 0 bridgehead atoms. The number of unbranched alkanes of at least 4 members (excludes halogenated alkanes) is 1. The molecular weight excluding hydrogens is 410 g/mol. The molecule has 174 valence electrons. The van der Waals surface area contributed by atoms with E-state index >= 15 is 0 Å². The van der Waals surface area contributed by atoms with Gasteiger partial charge in [0.25, 0.3) is 0 Å². The Morgan fingerprint density at radius 1 is 1.26 bits per heavy atom. The van der Waals surface area contributed by atoms with Crippen LogP contribution in [0.15, 0.2) is 23.8 Å². The first-order valence-corrected chi connectivity index (χ1v) is 13.2. The van der Waals surface area contributed by atoms with Crippen LogP contribution in [0, 0.1) is 5.92 Å². The SMILES string of the molecule is CCS(=O)(=O)NCCCCC(C)(C)c1cc(O)c2c(c1)OC(C)(C)C1CC=C(C)CC21. The highest BCUT2D eigenvalue weighted by Gasteiger charge is 2.46. The Morgan fingerprint density at radius 2 is 1.97 bits per heavy atom. The van der Waals surface area contributed by atoms with Crippen LogP contribution < -0.4 is 9.46 Å². The second-order valence-corrected chi connectivity index (χ2v) is 12.6. The van der Waals surface area contributed by atoms with E-state index in [1.165, 1.54) is 5.57 Å². The third kappa shape index (κ3) is 5.28. The fourth-order valence-corrected chi connectivity index (χ4v) is 5.78. The number of aromatic hydroxyl groups is 1. The third-order valence-corrected chi connectivity index (χ3v) is 8.62. The molecule has 1 heterocycles. The molecule has 2 aliphatic rings. The number of sulfonamides is 1. The number of allylic oxidation sites excluding steroid dienone is 2.